The molecule has 0 aromatic rings. The lowest BCUT2D eigenvalue weighted by atomic mass is 9.93. The highest BCUT2D eigenvalue weighted by Crippen LogP contribution is 2.35. The first-order chi connectivity index (χ1) is 9.90. The van der Waals surface area contributed by atoms with Gasteiger partial charge in [-0.25, -0.2) is 0 Å². The average Bonchev–Trinajstić information content (AvgIpc) is 2.38. The fourth-order valence-electron chi connectivity index (χ4n) is 2.39. The van der Waals surface area contributed by atoms with Crippen LogP contribution in [0.25, 0.3) is 0 Å². The van der Waals surface area contributed by atoms with E-state index in [1.54, 1.807) is 18.9 Å². The molecule has 0 saturated carbocycles. The summed E-state index contributed by atoms with van der Waals surface area (Å²) >= 11 is 1.63. The second-order valence-corrected chi connectivity index (χ2v) is 6.34. The molecule has 1 aliphatic rings. The largest absolute Gasteiger partial charge is 0.458 e. The molecule has 1 saturated heterocycles. The van der Waals surface area contributed by atoms with Crippen molar-refractivity contribution in [1.29, 1.82) is 0 Å². The van der Waals surface area contributed by atoms with E-state index < -0.39 is 30.3 Å². The summed E-state index contributed by atoms with van der Waals surface area (Å²) in [4.78, 5) is 22.7. The molecule has 1 aliphatic heterocycles. The fraction of sp³-hybridized carbons (Fsp3) is 0.857. The first kappa shape index (κ1) is 18.3. The average molecular weight is 320 g/mol. The Morgan fingerprint density at radius 1 is 1.14 bits per heavy atom. The number of esters is 2. The Morgan fingerprint density at radius 2 is 1.71 bits per heavy atom. The molecule has 7 heteroatoms. The van der Waals surface area contributed by atoms with Gasteiger partial charge in [0.15, 0.2) is 6.10 Å². The summed E-state index contributed by atoms with van der Waals surface area (Å²) in [6, 6.07) is 0. The lowest BCUT2D eigenvalue weighted by Gasteiger charge is -2.44. The fourth-order valence-corrected chi connectivity index (χ4v) is 3.40. The monoisotopic (exact) mass is 320 g/mol. The first-order valence-electron chi connectivity index (χ1n) is 7.01. The molecule has 1 heterocycles. The summed E-state index contributed by atoms with van der Waals surface area (Å²) in [5.41, 5.74) is -0.133. The molecule has 6 nitrogen and oxygen atoms in total. The van der Waals surface area contributed by atoms with Crippen molar-refractivity contribution in [2.24, 2.45) is 5.92 Å². The summed E-state index contributed by atoms with van der Waals surface area (Å²) < 4.78 is 21.9. The van der Waals surface area contributed by atoms with Crippen LogP contribution in [-0.4, -0.2) is 55.2 Å². The lowest BCUT2D eigenvalue weighted by molar-refractivity contribution is -0.216. The number of thioether (sulfide) groups is 1. The zero-order valence-corrected chi connectivity index (χ0v) is 14.0. The third kappa shape index (κ3) is 5.16. The molecule has 0 amide bonds. The summed E-state index contributed by atoms with van der Waals surface area (Å²) in [5, 5.41) is 0. The zero-order valence-electron chi connectivity index (χ0n) is 13.2. The maximum Gasteiger partial charge on any atom is 0.303 e. The Balaban J connectivity index is 2.99. The van der Waals surface area contributed by atoms with Gasteiger partial charge in [-0.3, -0.25) is 9.59 Å². The number of carbonyl (C=O) groups excluding carboxylic acids is 2. The summed E-state index contributed by atoms with van der Waals surface area (Å²) in [5.74, 6) is -0.0472. The molecule has 0 spiro atoms. The molecule has 1 fully saturated rings. The topological polar surface area (TPSA) is 71.1 Å². The Kier molecular flexibility index (Phi) is 7.48. The van der Waals surface area contributed by atoms with Gasteiger partial charge < -0.3 is 18.9 Å². The van der Waals surface area contributed by atoms with E-state index >= 15 is 0 Å². The third-order valence-corrected chi connectivity index (χ3v) is 4.41. The molecule has 0 bridgehead atoms. The van der Waals surface area contributed by atoms with Crippen LogP contribution in [0.5, 0.6) is 0 Å². The van der Waals surface area contributed by atoms with Gasteiger partial charge in [0.1, 0.15) is 17.6 Å². The standard InChI is InChI=1S/C14H24O6S/c1-6-21-14-8(2)12(18-9(3)15)13(19-10(4)16)11(20-14)7-17-5/h8,11-14H,6-7H2,1-5H3/t8?,11?,12-,13-,14-/m1/s1. The zero-order chi connectivity index (χ0) is 16.0. The molecule has 0 aromatic heterocycles. The maximum atomic E-state index is 11.4. The van der Waals surface area contributed by atoms with Crippen LogP contribution in [0.15, 0.2) is 0 Å². The highest BCUT2D eigenvalue weighted by molar-refractivity contribution is 7.99. The highest BCUT2D eigenvalue weighted by Gasteiger charge is 2.47. The van der Waals surface area contributed by atoms with Crippen LogP contribution in [0.4, 0.5) is 0 Å². The van der Waals surface area contributed by atoms with Gasteiger partial charge in [-0.2, -0.15) is 0 Å². The van der Waals surface area contributed by atoms with E-state index in [0.29, 0.717) is 0 Å². The Bertz CT molecular complexity index is 361. The molecule has 2 unspecified atom stereocenters. The number of methoxy groups -OCH3 is 1. The van der Waals surface area contributed by atoms with E-state index in [0.717, 1.165) is 5.75 Å². The minimum atomic E-state index is -0.657. The van der Waals surface area contributed by atoms with Crippen molar-refractivity contribution in [1.82, 2.24) is 0 Å². The normalized spacial score (nSPS) is 32.5. The van der Waals surface area contributed by atoms with Crippen LogP contribution in [0.2, 0.25) is 0 Å². The van der Waals surface area contributed by atoms with E-state index in [2.05, 4.69) is 0 Å². The number of rotatable bonds is 6. The highest BCUT2D eigenvalue weighted by atomic mass is 32.2. The third-order valence-electron chi connectivity index (χ3n) is 3.21. The number of carbonyl (C=O) groups is 2. The lowest BCUT2D eigenvalue weighted by Crippen LogP contribution is -2.57. The molecule has 5 atom stereocenters. The van der Waals surface area contributed by atoms with Crippen molar-refractivity contribution >= 4 is 23.7 Å². The van der Waals surface area contributed by atoms with Crippen LogP contribution in [0, 0.1) is 5.92 Å². The van der Waals surface area contributed by atoms with Gasteiger partial charge >= 0.3 is 11.9 Å². The molecule has 0 aromatic carbocycles. The molecule has 0 aliphatic carbocycles. The van der Waals surface area contributed by atoms with Crippen LogP contribution < -0.4 is 0 Å². The summed E-state index contributed by atoms with van der Waals surface area (Å²) in [7, 11) is 1.55. The SMILES string of the molecule is CCS[C@H]1OC(COC)[C@@H](OC(C)=O)[C@H](OC(C)=O)C1C. The van der Waals surface area contributed by atoms with E-state index in [-0.39, 0.29) is 18.0 Å². The molecule has 1 rings (SSSR count). The molecule has 122 valence electrons. The smallest absolute Gasteiger partial charge is 0.303 e. The summed E-state index contributed by atoms with van der Waals surface area (Å²) in [6.07, 6.45) is -1.65. The van der Waals surface area contributed by atoms with Gasteiger partial charge in [0.2, 0.25) is 0 Å². The Morgan fingerprint density at radius 3 is 2.19 bits per heavy atom. The molecular formula is C14H24O6S. The molecule has 0 radical (unpaired) electrons. The van der Waals surface area contributed by atoms with Crippen molar-refractivity contribution in [3.8, 4) is 0 Å². The predicted octanol–water partition coefficient (Wildman–Crippen LogP) is 1.61. The van der Waals surface area contributed by atoms with Gasteiger partial charge in [-0.05, 0) is 5.75 Å². The Hall–Kier alpha value is -0.790. The quantitative estimate of drug-likeness (QED) is 0.689. The van der Waals surface area contributed by atoms with Gasteiger partial charge in [0.05, 0.1) is 6.61 Å². The van der Waals surface area contributed by atoms with E-state index in [1.807, 2.05) is 13.8 Å². The van der Waals surface area contributed by atoms with E-state index in [1.165, 1.54) is 13.8 Å². The number of hydrogen-bond acceptors (Lipinski definition) is 7. The van der Waals surface area contributed by atoms with Crippen molar-refractivity contribution in [2.75, 3.05) is 19.5 Å². The van der Waals surface area contributed by atoms with Gasteiger partial charge in [-0.15, -0.1) is 11.8 Å². The van der Waals surface area contributed by atoms with Gasteiger partial charge in [-0.1, -0.05) is 13.8 Å². The van der Waals surface area contributed by atoms with Crippen LogP contribution in [-0.2, 0) is 28.5 Å². The molecule has 21 heavy (non-hydrogen) atoms. The van der Waals surface area contributed by atoms with Gasteiger partial charge in [0, 0.05) is 26.9 Å². The van der Waals surface area contributed by atoms with Crippen molar-refractivity contribution in [3.05, 3.63) is 0 Å². The maximum absolute atomic E-state index is 11.4. The van der Waals surface area contributed by atoms with Crippen LogP contribution >= 0.6 is 11.8 Å². The molecule has 0 N–H and O–H groups in total. The Labute approximate surface area is 129 Å². The number of ether oxygens (including phenoxy) is 4. The number of hydrogen-bond donors (Lipinski definition) is 0. The summed E-state index contributed by atoms with van der Waals surface area (Å²) in [6.45, 7) is 6.90. The van der Waals surface area contributed by atoms with Gasteiger partial charge in [0.25, 0.3) is 0 Å². The van der Waals surface area contributed by atoms with Crippen molar-refractivity contribution in [3.63, 3.8) is 0 Å². The predicted molar refractivity (Wildman–Crippen MR) is 78.9 cm³/mol. The first-order valence-corrected chi connectivity index (χ1v) is 8.06. The van der Waals surface area contributed by atoms with E-state index in [9.17, 15) is 9.59 Å². The molecular weight excluding hydrogens is 296 g/mol. The minimum absolute atomic E-state index is 0.0868. The van der Waals surface area contributed by atoms with Crippen molar-refractivity contribution < 1.29 is 28.5 Å². The van der Waals surface area contributed by atoms with Crippen molar-refractivity contribution in [2.45, 2.75) is 51.4 Å². The van der Waals surface area contributed by atoms with Crippen LogP contribution in [0.3, 0.4) is 0 Å². The van der Waals surface area contributed by atoms with E-state index in [4.69, 9.17) is 18.9 Å². The minimum Gasteiger partial charge on any atom is -0.458 e. The second-order valence-electron chi connectivity index (χ2n) is 4.96. The second kappa shape index (κ2) is 8.60. The van der Waals surface area contributed by atoms with Crippen LogP contribution in [0.1, 0.15) is 27.7 Å².